The molecule has 150 valence electrons. The number of phenols is 1. The van der Waals surface area contributed by atoms with Gasteiger partial charge >= 0.3 is 0 Å². The fourth-order valence-corrected chi connectivity index (χ4v) is 4.79. The number of phenolic OH excluding ortho intramolecular Hbond substituents is 1. The number of methoxy groups -OCH3 is 1. The van der Waals surface area contributed by atoms with E-state index in [1.807, 2.05) is 0 Å². The van der Waals surface area contributed by atoms with Crippen LogP contribution in [0.4, 0.5) is 0 Å². The highest BCUT2D eigenvalue weighted by atomic mass is 32.2. The number of piperazine rings is 1. The van der Waals surface area contributed by atoms with Crippen molar-refractivity contribution in [2.45, 2.75) is 11.4 Å². The first-order valence-corrected chi connectivity index (χ1v) is 10.4. The highest BCUT2D eigenvalue weighted by Crippen LogP contribution is 2.38. The van der Waals surface area contributed by atoms with Crippen molar-refractivity contribution >= 4 is 10.0 Å². The van der Waals surface area contributed by atoms with Crippen molar-refractivity contribution in [3.63, 3.8) is 0 Å². The van der Waals surface area contributed by atoms with Crippen molar-refractivity contribution in [2.24, 2.45) is 0 Å². The summed E-state index contributed by atoms with van der Waals surface area (Å²) >= 11 is 0. The SMILES string of the molecule is COc1ccc(S(=O)(=O)N2CCN(Cc3cc4c(cc3O)OCO4)CC2)cc1. The smallest absolute Gasteiger partial charge is 0.243 e. The summed E-state index contributed by atoms with van der Waals surface area (Å²) in [6, 6.07) is 9.74. The van der Waals surface area contributed by atoms with Crippen molar-refractivity contribution in [1.82, 2.24) is 9.21 Å². The van der Waals surface area contributed by atoms with Crippen LogP contribution in [0.1, 0.15) is 5.56 Å². The predicted octanol–water partition coefficient (Wildman–Crippen LogP) is 1.64. The molecule has 0 amide bonds. The number of sulfonamides is 1. The third-order valence-electron chi connectivity index (χ3n) is 5.00. The van der Waals surface area contributed by atoms with Crippen LogP contribution in [0, 0.1) is 0 Å². The summed E-state index contributed by atoms with van der Waals surface area (Å²) in [7, 11) is -1.99. The predicted molar refractivity (Wildman–Crippen MR) is 101 cm³/mol. The minimum Gasteiger partial charge on any atom is -0.507 e. The molecule has 0 spiro atoms. The summed E-state index contributed by atoms with van der Waals surface area (Å²) in [5.41, 5.74) is 0.732. The Labute approximate surface area is 163 Å². The van der Waals surface area contributed by atoms with E-state index in [1.54, 1.807) is 43.5 Å². The van der Waals surface area contributed by atoms with Crippen LogP contribution in [0.3, 0.4) is 0 Å². The van der Waals surface area contributed by atoms with E-state index in [9.17, 15) is 13.5 Å². The van der Waals surface area contributed by atoms with Crippen molar-refractivity contribution in [2.75, 3.05) is 40.1 Å². The second-order valence-electron chi connectivity index (χ2n) is 6.69. The highest BCUT2D eigenvalue weighted by Gasteiger charge is 2.29. The Kier molecular flexibility index (Phi) is 5.05. The van der Waals surface area contributed by atoms with E-state index in [1.165, 1.54) is 4.31 Å². The maximum atomic E-state index is 12.8. The van der Waals surface area contributed by atoms with Gasteiger partial charge in [0, 0.05) is 44.4 Å². The molecule has 1 saturated heterocycles. The summed E-state index contributed by atoms with van der Waals surface area (Å²) in [5, 5.41) is 10.2. The molecule has 28 heavy (non-hydrogen) atoms. The molecule has 0 aromatic heterocycles. The molecule has 0 radical (unpaired) electrons. The maximum absolute atomic E-state index is 12.8. The Bertz CT molecular complexity index is 953. The maximum Gasteiger partial charge on any atom is 0.243 e. The van der Waals surface area contributed by atoms with E-state index in [-0.39, 0.29) is 17.4 Å². The second kappa shape index (κ2) is 7.50. The monoisotopic (exact) mass is 406 g/mol. The number of aromatic hydroxyl groups is 1. The molecule has 2 aromatic carbocycles. The molecule has 9 heteroatoms. The Morgan fingerprint density at radius 3 is 2.32 bits per heavy atom. The number of ether oxygens (including phenoxy) is 3. The molecule has 1 N–H and O–H groups in total. The van der Waals surface area contributed by atoms with Gasteiger partial charge in [-0.1, -0.05) is 0 Å². The van der Waals surface area contributed by atoms with E-state index < -0.39 is 10.0 Å². The molecule has 1 fully saturated rings. The average molecular weight is 406 g/mol. The molecular formula is C19H22N2O6S. The van der Waals surface area contributed by atoms with Crippen molar-refractivity contribution < 1.29 is 27.7 Å². The van der Waals surface area contributed by atoms with Crippen LogP contribution in [-0.2, 0) is 16.6 Å². The van der Waals surface area contributed by atoms with Crippen LogP contribution in [0.5, 0.6) is 23.0 Å². The first kappa shape index (κ1) is 18.9. The Balaban J connectivity index is 1.40. The lowest BCUT2D eigenvalue weighted by Crippen LogP contribution is -2.48. The minimum atomic E-state index is -3.53. The lowest BCUT2D eigenvalue weighted by atomic mass is 10.1. The summed E-state index contributed by atoms with van der Waals surface area (Å²) in [6.07, 6.45) is 0. The van der Waals surface area contributed by atoms with Gasteiger partial charge in [-0.3, -0.25) is 4.90 Å². The topological polar surface area (TPSA) is 88.5 Å². The van der Waals surface area contributed by atoms with E-state index >= 15 is 0 Å². The number of fused-ring (bicyclic) bond motifs is 1. The molecule has 0 aliphatic carbocycles. The van der Waals surface area contributed by atoms with Crippen molar-refractivity contribution in [1.29, 1.82) is 0 Å². The second-order valence-corrected chi connectivity index (χ2v) is 8.63. The van der Waals surface area contributed by atoms with Gasteiger partial charge in [-0.15, -0.1) is 0 Å². The van der Waals surface area contributed by atoms with Gasteiger partial charge in [0.05, 0.1) is 12.0 Å². The lowest BCUT2D eigenvalue weighted by molar-refractivity contribution is 0.173. The van der Waals surface area contributed by atoms with E-state index in [2.05, 4.69) is 4.90 Å². The number of rotatable bonds is 5. The number of hydrogen-bond acceptors (Lipinski definition) is 7. The molecule has 2 heterocycles. The molecule has 0 atom stereocenters. The molecule has 0 unspecified atom stereocenters. The Morgan fingerprint density at radius 1 is 1.04 bits per heavy atom. The van der Waals surface area contributed by atoms with Crippen LogP contribution in [0.15, 0.2) is 41.3 Å². The first-order valence-electron chi connectivity index (χ1n) is 8.95. The van der Waals surface area contributed by atoms with Gasteiger partial charge in [-0.25, -0.2) is 8.42 Å². The van der Waals surface area contributed by atoms with Crippen LogP contribution in [-0.4, -0.2) is 62.8 Å². The summed E-state index contributed by atoms with van der Waals surface area (Å²) in [5.74, 6) is 1.93. The first-order chi connectivity index (χ1) is 13.5. The van der Waals surface area contributed by atoms with Crippen LogP contribution >= 0.6 is 0 Å². The molecule has 2 aliphatic heterocycles. The summed E-state index contributed by atoms with van der Waals surface area (Å²) in [6.45, 7) is 2.59. The fraction of sp³-hybridized carbons (Fsp3) is 0.368. The normalized spacial score (nSPS) is 17.6. The van der Waals surface area contributed by atoms with Crippen LogP contribution in [0.2, 0.25) is 0 Å². The molecule has 2 aromatic rings. The summed E-state index contributed by atoms with van der Waals surface area (Å²) in [4.78, 5) is 2.37. The van der Waals surface area contributed by atoms with Gasteiger partial charge < -0.3 is 19.3 Å². The number of nitrogens with zero attached hydrogens (tertiary/aromatic N) is 2. The third kappa shape index (κ3) is 3.60. The van der Waals surface area contributed by atoms with Gasteiger partial charge in [0.2, 0.25) is 16.8 Å². The molecular weight excluding hydrogens is 384 g/mol. The van der Waals surface area contributed by atoms with E-state index in [4.69, 9.17) is 14.2 Å². The van der Waals surface area contributed by atoms with Gasteiger partial charge in [0.25, 0.3) is 0 Å². The Hall–Kier alpha value is -2.49. The number of benzene rings is 2. The largest absolute Gasteiger partial charge is 0.507 e. The standard InChI is InChI=1S/C19H22N2O6S/c1-25-15-2-4-16(5-3-15)28(23,24)21-8-6-20(7-9-21)12-14-10-18-19(11-17(14)22)27-13-26-18/h2-5,10-11,22H,6-9,12-13H2,1H3. The zero-order chi connectivity index (χ0) is 19.7. The van der Waals surface area contributed by atoms with Gasteiger partial charge in [-0.05, 0) is 30.3 Å². The molecule has 8 nitrogen and oxygen atoms in total. The van der Waals surface area contributed by atoms with Gasteiger partial charge in [-0.2, -0.15) is 4.31 Å². The van der Waals surface area contributed by atoms with Crippen LogP contribution in [0.25, 0.3) is 0 Å². The van der Waals surface area contributed by atoms with Crippen molar-refractivity contribution in [3.8, 4) is 23.0 Å². The molecule has 4 rings (SSSR count). The molecule has 0 saturated carbocycles. The van der Waals surface area contributed by atoms with Crippen LogP contribution < -0.4 is 14.2 Å². The number of hydrogen-bond donors (Lipinski definition) is 1. The molecule has 2 aliphatic rings. The Morgan fingerprint density at radius 2 is 1.68 bits per heavy atom. The summed E-state index contributed by atoms with van der Waals surface area (Å²) < 4.78 is 42.9. The zero-order valence-electron chi connectivity index (χ0n) is 15.5. The molecule has 0 bridgehead atoms. The van der Waals surface area contributed by atoms with E-state index in [0.29, 0.717) is 50.0 Å². The van der Waals surface area contributed by atoms with E-state index in [0.717, 1.165) is 5.56 Å². The lowest BCUT2D eigenvalue weighted by Gasteiger charge is -2.34. The third-order valence-corrected chi connectivity index (χ3v) is 6.91. The fourth-order valence-electron chi connectivity index (χ4n) is 3.37. The van der Waals surface area contributed by atoms with Crippen molar-refractivity contribution in [3.05, 3.63) is 42.0 Å². The highest BCUT2D eigenvalue weighted by molar-refractivity contribution is 7.89. The average Bonchev–Trinajstić information content (AvgIpc) is 3.16. The minimum absolute atomic E-state index is 0.150. The zero-order valence-corrected chi connectivity index (χ0v) is 16.3. The van der Waals surface area contributed by atoms with Gasteiger partial charge in [0.15, 0.2) is 11.5 Å². The van der Waals surface area contributed by atoms with Gasteiger partial charge in [0.1, 0.15) is 11.5 Å². The quantitative estimate of drug-likeness (QED) is 0.807.